The number of benzene rings is 2. The zero-order valence-electron chi connectivity index (χ0n) is 21.2. The smallest absolute Gasteiger partial charge is 0.247 e. The van der Waals surface area contributed by atoms with E-state index in [-0.39, 0.29) is 12.5 Å². The van der Waals surface area contributed by atoms with Gasteiger partial charge in [-0.25, -0.2) is 9.97 Å². The molecule has 0 bridgehead atoms. The topological polar surface area (TPSA) is 93.6 Å². The van der Waals surface area contributed by atoms with E-state index in [2.05, 4.69) is 44.7 Å². The zero-order chi connectivity index (χ0) is 26.1. The van der Waals surface area contributed by atoms with Crippen LogP contribution in [0.25, 0.3) is 6.08 Å². The molecule has 1 heterocycles. The molecule has 0 aliphatic carbocycles. The highest BCUT2D eigenvalue weighted by Gasteiger charge is 2.16. The van der Waals surface area contributed by atoms with Crippen molar-refractivity contribution in [3.05, 3.63) is 90.3 Å². The lowest BCUT2D eigenvalue weighted by Gasteiger charge is -2.26. The van der Waals surface area contributed by atoms with Crippen molar-refractivity contribution in [3.63, 3.8) is 0 Å². The first-order valence-corrected chi connectivity index (χ1v) is 11.7. The minimum atomic E-state index is -0.319. The molecule has 0 saturated heterocycles. The van der Waals surface area contributed by atoms with Crippen LogP contribution in [-0.2, 0) is 17.8 Å². The molecule has 36 heavy (non-hydrogen) atoms. The van der Waals surface area contributed by atoms with Crippen LogP contribution in [0.2, 0.25) is 0 Å². The van der Waals surface area contributed by atoms with Crippen molar-refractivity contribution < 1.29 is 9.90 Å². The lowest BCUT2D eigenvalue weighted by Crippen LogP contribution is -2.29. The number of hydrogen-bond donors (Lipinski definition) is 3. The molecule has 0 atom stereocenters. The van der Waals surface area contributed by atoms with Gasteiger partial charge in [0, 0.05) is 44.0 Å². The van der Waals surface area contributed by atoms with E-state index in [4.69, 9.17) is 0 Å². The average Bonchev–Trinajstić information content (AvgIpc) is 2.87. The van der Waals surface area contributed by atoms with Gasteiger partial charge < -0.3 is 25.5 Å². The Bertz CT molecular complexity index is 1220. The normalized spacial score (nSPS) is 10.7. The lowest BCUT2D eigenvalue weighted by molar-refractivity contribution is -0.111. The number of aromatic nitrogens is 2. The molecule has 188 valence electrons. The highest BCUT2D eigenvalue weighted by Crippen LogP contribution is 2.33. The second-order valence-corrected chi connectivity index (χ2v) is 8.73. The summed E-state index contributed by atoms with van der Waals surface area (Å²) in [6, 6.07) is 13.6. The molecule has 0 saturated carbocycles. The molecule has 8 nitrogen and oxygen atoms in total. The Morgan fingerprint density at radius 2 is 1.89 bits per heavy atom. The maximum Gasteiger partial charge on any atom is 0.247 e. The van der Waals surface area contributed by atoms with E-state index in [0.29, 0.717) is 29.3 Å². The van der Waals surface area contributed by atoms with E-state index in [1.807, 2.05) is 62.5 Å². The molecule has 3 aromatic rings. The van der Waals surface area contributed by atoms with E-state index in [1.165, 1.54) is 6.08 Å². The number of aliphatic hydroxyl groups excluding tert-OH is 1. The summed E-state index contributed by atoms with van der Waals surface area (Å²) in [4.78, 5) is 25.3. The lowest BCUT2D eigenvalue weighted by atomic mass is 10.1. The van der Waals surface area contributed by atoms with Gasteiger partial charge in [0.2, 0.25) is 11.9 Å². The first-order chi connectivity index (χ1) is 17.3. The van der Waals surface area contributed by atoms with Gasteiger partial charge in [-0.05, 0) is 49.5 Å². The van der Waals surface area contributed by atoms with Crippen molar-refractivity contribution in [3.8, 4) is 0 Å². The number of amides is 1. The Labute approximate surface area is 213 Å². The quantitative estimate of drug-likeness (QED) is 0.332. The summed E-state index contributed by atoms with van der Waals surface area (Å²) in [7, 11) is 5.96. The van der Waals surface area contributed by atoms with Gasteiger partial charge >= 0.3 is 0 Å². The standard InChI is InChI=1S/C28H34N6O2/c1-6-20-9-8-10-21(15-20)16-23-11-12-29-28(30-23)32-24-18-25(31-27(36)7-2)26(17-22(24)19-35)34(5)14-13-33(3)4/h6-12,15,17-18,35H,1-2,13-14,16,19H2,3-5H3,(H,31,36)(H,29,30,32). The van der Waals surface area contributed by atoms with Crippen LogP contribution in [0, 0.1) is 0 Å². The van der Waals surface area contributed by atoms with Crippen LogP contribution >= 0.6 is 0 Å². The van der Waals surface area contributed by atoms with E-state index in [9.17, 15) is 9.90 Å². The molecule has 3 N–H and O–H groups in total. The van der Waals surface area contributed by atoms with Crippen LogP contribution in [0.4, 0.5) is 23.0 Å². The van der Waals surface area contributed by atoms with Crippen LogP contribution in [0.5, 0.6) is 0 Å². The molecule has 1 aromatic heterocycles. The predicted octanol–water partition coefficient (Wildman–Crippen LogP) is 4.07. The van der Waals surface area contributed by atoms with Crippen LogP contribution < -0.4 is 15.5 Å². The molecular formula is C28H34N6O2. The van der Waals surface area contributed by atoms with E-state index in [1.54, 1.807) is 12.3 Å². The van der Waals surface area contributed by atoms with Gasteiger partial charge in [-0.3, -0.25) is 4.79 Å². The fourth-order valence-corrected chi connectivity index (χ4v) is 3.66. The fourth-order valence-electron chi connectivity index (χ4n) is 3.66. The molecule has 0 fully saturated rings. The van der Waals surface area contributed by atoms with Crippen LogP contribution in [0.1, 0.15) is 22.4 Å². The Morgan fingerprint density at radius 1 is 1.08 bits per heavy atom. The number of carbonyl (C=O) groups is 1. The number of rotatable bonds is 12. The molecule has 0 aliphatic rings. The average molecular weight is 487 g/mol. The summed E-state index contributed by atoms with van der Waals surface area (Å²) in [6.45, 7) is 8.76. The molecule has 1 amide bonds. The maximum absolute atomic E-state index is 12.2. The van der Waals surface area contributed by atoms with Crippen LogP contribution in [0.3, 0.4) is 0 Å². The third-order valence-corrected chi connectivity index (χ3v) is 5.66. The van der Waals surface area contributed by atoms with Crippen molar-refractivity contribution in [2.45, 2.75) is 13.0 Å². The van der Waals surface area contributed by atoms with Crippen molar-refractivity contribution >= 4 is 35.0 Å². The third kappa shape index (κ3) is 7.24. The number of aliphatic hydroxyl groups is 1. The largest absolute Gasteiger partial charge is 0.392 e. The van der Waals surface area contributed by atoms with E-state index >= 15 is 0 Å². The SMILES string of the molecule is C=CC(=O)Nc1cc(Nc2nccc(Cc3cccc(C=C)c3)n2)c(CO)cc1N(C)CCN(C)C. The summed E-state index contributed by atoms with van der Waals surface area (Å²) in [5, 5.41) is 16.2. The first kappa shape index (κ1) is 26.6. The number of nitrogens with one attached hydrogen (secondary N) is 2. The number of carbonyl (C=O) groups excluding carboxylic acids is 1. The Balaban J connectivity index is 1.91. The maximum atomic E-state index is 12.2. The monoisotopic (exact) mass is 486 g/mol. The van der Waals surface area contributed by atoms with Crippen LogP contribution in [-0.4, -0.2) is 60.1 Å². The fraction of sp³-hybridized carbons (Fsp3) is 0.250. The van der Waals surface area contributed by atoms with Gasteiger partial charge in [0.15, 0.2) is 0 Å². The second kappa shape index (κ2) is 12.6. The van der Waals surface area contributed by atoms with Gasteiger partial charge in [-0.1, -0.05) is 43.5 Å². The Hall–Kier alpha value is -4.01. The van der Waals surface area contributed by atoms with Crippen molar-refractivity contribution in [1.29, 1.82) is 0 Å². The van der Waals surface area contributed by atoms with Gasteiger partial charge in [-0.2, -0.15) is 0 Å². The molecule has 0 unspecified atom stereocenters. The first-order valence-electron chi connectivity index (χ1n) is 11.7. The molecule has 0 spiro atoms. The number of nitrogens with zero attached hydrogens (tertiary/aromatic N) is 4. The van der Waals surface area contributed by atoms with E-state index in [0.717, 1.165) is 35.6 Å². The summed E-state index contributed by atoms with van der Waals surface area (Å²) < 4.78 is 0. The Morgan fingerprint density at radius 3 is 2.58 bits per heavy atom. The van der Waals surface area contributed by atoms with Crippen molar-refractivity contribution in [2.24, 2.45) is 0 Å². The number of hydrogen-bond acceptors (Lipinski definition) is 7. The predicted molar refractivity (Wildman–Crippen MR) is 148 cm³/mol. The van der Waals surface area contributed by atoms with Crippen molar-refractivity contribution in [2.75, 3.05) is 49.8 Å². The summed E-state index contributed by atoms with van der Waals surface area (Å²) in [6.07, 6.45) is 5.38. The Kier molecular flexibility index (Phi) is 9.32. The molecule has 2 aromatic carbocycles. The minimum absolute atomic E-state index is 0.194. The summed E-state index contributed by atoms with van der Waals surface area (Å²) in [5.74, 6) is 0.0803. The van der Waals surface area contributed by atoms with E-state index < -0.39 is 0 Å². The van der Waals surface area contributed by atoms with Gasteiger partial charge in [0.1, 0.15) is 0 Å². The third-order valence-electron chi connectivity index (χ3n) is 5.66. The van der Waals surface area contributed by atoms with Crippen LogP contribution in [0.15, 0.2) is 67.9 Å². The molecule has 0 aliphatic heterocycles. The van der Waals surface area contributed by atoms with Gasteiger partial charge in [0.05, 0.1) is 23.7 Å². The molecule has 0 radical (unpaired) electrons. The highest BCUT2D eigenvalue weighted by molar-refractivity contribution is 6.02. The molecule has 8 heteroatoms. The minimum Gasteiger partial charge on any atom is -0.392 e. The number of likely N-dealkylation sites (N-methyl/N-ethyl adjacent to an activating group) is 2. The zero-order valence-corrected chi connectivity index (χ0v) is 21.2. The summed E-state index contributed by atoms with van der Waals surface area (Å²) in [5.41, 5.74) is 5.67. The highest BCUT2D eigenvalue weighted by atomic mass is 16.3. The van der Waals surface area contributed by atoms with Gasteiger partial charge in [-0.15, -0.1) is 0 Å². The summed E-state index contributed by atoms with van der Waals surface area (Å²) >= 11 is 0. The molecule has 3 rings (SSSR count). The van der Waals surface area contributed by atoms with Gasteiger partial charge in [0.25, 0.3) is 0 Å². The number of anilines is 4. The van der Waals surface area contributed by atoms with Crippen molar-refractivity contribution in [1.82, 2.24) is 14.9 Å². The molecular weight excluding hydrogens is 452 g/mol. The second-order valence-electron chi connectivity index (χ2n) is 8.73.